The van der Waals surface area contributed by atoms with E-state index in [1.165, 1.54) is 0 Å². The minimum absolute atomic E-state index is 0.190. The molecule has 0 saturated carbocycles. The fraction of sp³-hybridized carbons (Fsp3) is 0.143. The molecule has 2 rings (SSSR count). The Bertz CT molecular complexity index is 614. The van der Waals surface area contributed by atoms with Crippen molar-refractivity contribution in [3.63, 3.8) is 0 Å². The number of nitrogens with one attached hydrogen (secondary N) is 1. The molecule has 1 nitrogen and oxygen atoms in total. The van der Waals surface area contributed by atoms with Crippen molar-refractivity contribution in [3.05, 3.63) is 63.4 Å². The monoisotopic (exact) mass is 329 g/mol. The van der Waals surface area contributed by atoms with Gasteiger partial charge >= 0.3 is 0 Å². The van der Waals surface area contributed by atoms with Gasteiger partial charge in [0, 0.05) is 23.2 Å². The molecule has 2 aromatic rings. The van der Waals surface area contributed by atoms with Crippen LogP contribution in [0.15, 0.2) is 34.8 Å². The highest BCUT2D eigenvalue weighted by Crippen LogP contribution is 2.22. The van der Waals surface area contributed by atoms with E-state index in [-0.39, 0.29) is 12.2 Å². The predicted octanol–water partition coefficient (Wildman–Crippen LogP) is 4.79. The van der Waals surface area contributed by atoms with Crippen LogP contribution in [0.1, 0.15) is 11.1 Å². The number of benzene rings is 2. The Hall–Kier alpha value is -1.49. The van der Waals surface area contributed by atoms with E-state index in [1.54, 1.807) is 0 Å². The number of halogens is 4. The van der Waals surface area contributed by atoms with Crippen LogP contribution in [-0.4, -0.2) is 0 Å². The fourth-order valence-corrected chi connectivity index (χ4v) is 2.30. The molecule has 5 heteroatoms. The third-order valence-corrected chi connectivity index (χ3v) is 3.41. The summed E-state index contributed by atoms with van der Waals surface area (Å²) in [4.78, 5) is 0. The lowest BCUT2D eigenvalue weighted by Gasteiger charge is -2.10. The standard InChI is InChI=1S/C14H11BrF3N/c1-8-2-3-9(11(15)4-8)7-19-13-6-10(16)5-12(17)14(13)18/h2-6,19H,7H2,1H3. The quantitative estimate of drug-likeness (QED) is 0.798. The van der Waals surface area contributed by atoms with Crippen molar-refractivity contribution in [2.24, 2.45) is 0 Å². The van der Waals surface area contributed by atoms with Crippen LogP contribution in [0.5, 0.6) is 0 Å². The lowest BCUT2D eigenvalue weighted by atomic mass is 10.1. The molecule has 0 spiro atoms. The molecule has 0 aliphatic heterocycles. The third kappa shape index (κ3) is 3.29. The molecule has 0 atom stereocenters. The van der Waals surface area contributed by atoms with Crippen LogP contribution in [0.3, 0.4) is 0 Å². The van der Waals surface area contributed by atoms with Crippen molar-refractivity contribution in [2.45, 2.75) is 13.5 Å². The highest BCUT2D eigenvalue weighted by Gasteiger charge is 2.11. The third-order valence-electron chi connectivity index (χ3n) is 2.67. The number of hydrogen-bond acceptors (Lipinski definition) is 1. The summed E-state index contributed by atoms with van der Waals surface area (Å²) in [6, 6.07) is 7.13. The van der Waals surface area contributed by atoms with Crippen LogP contribution in [0.25, 0.3) is 0 Å². The van der Waals surface area contributed by atoms with E-state index in [0.29, 0.717) is 6.07 Å². The van der Waals surface area contributed by atoms with Crippen LogP contribution >= 0.6 is 15.9 Å². The van der Waals surface area contributed by atoms with Crippen molar-refractivity contribution < 1.29 is 13.2 Å². The molecule has 0 amide bonds. The minimum atomic E-state index is -1.20. The molecule has 0 saturated heterocycles. The van der Waals surface area contributed by atoms with Gasteiger partial charge in [0.05, 0.1) is 5.69 Å². The van der Waals surface area contributed by atoms with E-state index in [1.807, 2.05) is 25.1 Å². The second-order valence-electron chi connectivity index (χ2n) is 4.20. The zero-order valence-electron chi connectivity index (χ0n) is 10.1. The molecule has 0 radical (unpaired) electrons. The van der Waals surface area contributed by atoms with E-state index in [0.717, 1.165) is 21.7 Å². The molecular formula is C14H11BrF3N. The summed E-state index contributed by atoms with van der Waals surface area (Å²) >= 11 is 3.39. The predicted molar refractivity (Wildman–Crippen MR) is 72.5 cm³/mol. The molecule has 2 aromatic carbocycles. The second kappa shape index (κ2) is 5.65. The second-order valence-corrected chi connectivity index (χ2v) is 5.05. The maximum atomic E-state index is 13.4. The molecule has 0 bridgehead atoms. The highest BCUT2D eigenvalue weighted by molar-refractivity contribution is 9.10. The topological polar surface area (TPSA) is 12.0 Å². The highest BCUT2D eigenvalue weighted by atomic mass is 79.9. The van der Waals surface area contributed by atoms with Gasteiger partial charge in [-0.25, -0.2) is 13.2 Å². The SMILES string of the molecule is Cc1ccc(CNc2cc(F)cc(F)c2F)c(Br)c1. The number of anilines is 1. The van der Waals surface area contributed by atoms with Crippen molar-refractivity contribution >= 4 is 21.6 Å². The molecular weight excluding hydrogens is 319 g/mol. The average Bonchev–Trinajstić information content (AvgIpc) is 2.33. The van der Waals surface area contributed by atoms with Crippen LogP contribution in [0.2, 0.25) is 0 Å². The Kier molecular flexibility index (Phi) is 4.14. The van der Waals surface area contributed by atoms with Gasteiger partial charge in [0.25, 0.3) is 0 Å². The van der Waals surface area contributed by atoms with Gasteiger partial charge in [0.2, 0.25) is 0 Å². The first kappa shape index (κ1) is 13.9. The number of hydrogen-bond donors (Lipinski definition) is 1. The Morgan fingerprint density at radius 1 is 1.11 bits per heavy atom. The summed E-state index contributed by atoms with van der Waals surface area (Å²) in [7, 11) is 0. The fourth-order valence-electron chi connectivity index (χ4n) is 1.67. The summed E-state index contributed by atoms with van der Waals surface area (Å²) in [5.41, 5.74) is 1.76. The maximum absolute atomic E-state index is 13.4. The molecule has 0 unspecified atom stereocenters. The lowest BCUT2D eigenvalue weighted by Crippen LogP contribution is -2.04. The van der Waals surface area contributed by atoms with Crippen molar-refractivity contribution in [2.75, 3.05) is 5.32 Å². The van der Waals surface area contributed by atoms with E-state index < -0.39 is 17.5 Å². The van der Waals surface area contributed by atoms with Crippen LogP contribution in [0.4, 0.5) is 18.9 Å². The van der Waals surface area contributed by atoms with Gasteiger partial charge in [0.1, 0.15) is 5.82 Å². The summed E-state index contributed by atoms with van der Waals surface area (Å²) in [6.07, 6.45) is 0. The van der Waals surface area contributed by atoms with Crippen LogP contribution < -0.4 is 5.32 Å². The Morgan fingerprint density at radius 2 is 1.84 bits per heavy atom. The first-order chi connectivity index (χ1) is 8.97. The first-order valence-electron chi connectivity index (χ1n) is 5.61. The molecule has 19 heavy (non-hydrogen) atoms. The maximum Gasteiger partial charge on any atom is 0.182 e. The molecule has 0 fully saturated rings. The molecule has 100 valence electrons. The Balaban J connectivity index is 2.19. The largest absolute Gasteiger partial charge is 0.378 e. The molecule has 0 aliphatic carbocycles. The number of rotatable bonds is 3. The minimum Gasteiger partial charge on any atom is -0.378 e. The Morgan fingerprint density at radius 3 is 2.53 bits per heavy atom. The van der Waals surface area contributed by atoms with Crippen LogP contribution in [0, 0.1) is 24.4 Å². The average molecular weight is 330 g/mol. The van der Waals surface area contributed by atoms with E-state index in [9.17, 15) is 13.2 Å². The van der Waals surface area contributed by atoms with Gasteiger partial charge in [-0.05, 0) is 24.1 Å². The van der Waals surface area contributed by atoms with Crippen molar-refractivity contribution in [1.82, 2.24) is 0 Å². The summed E-state index contributed by atoms with van der Waals surface area (Å²) < 4.78 is 40.3. The smallest absolute Gasteiger partial charge is 0.182 e. The molecule has 1 N–H and O–H groups in total. The van der Waals surface area contributed by atoms with Crippen molar-refractivity contribution in [1.29, 1.82) is 0 Å². The molecule has 0 aromatic heterocycles. The first-order valence-corrected chi connectivity index (χ1v) is 6.40. The number of aryl methyl sites for hydroxylation is 1. The van der Waals surface area contributed by atoms with Crippen LogP contribution in [-0.2, 0) is 6.54 Å². The molecule has 0 aliphatic rings. The van der Waals surface area contributed by atoms with Gasteiger partial charge in [-0.3, -0.25) is 0 Å². The van der Waals surface area contributed by atoms with E-state index in [4.69, 9.17) is 0 Å². The van der Waals surface area contributed by atoms with E-state index in [2.05, 4.69) is 21.2 Å². The molecule has 0 heterocycles. The normalized spacial score (nSPS) is 10.6. The van der Waals surface area contributed by atoms with Gasteiger partial charge < -0.3 is 5.32 Å². The Labute approximate surface area is 117 Å². The van der Waals surface area contributed by atoms with Gasteiger partial charge in [-0.2, -0.15) is 0 Å². The summed E-state index contributed by atoms with van der Waals surface area (Å²) in [5.74, 6) is -3.10. The van der Waals surface area contributed by atoms with Gasteiger partial charge in [0.15, 0.2) is 11.6 Å². The van der Waals surface area contributed by atoms with Gasteiger partial charge in [-0.15, -0.1) is 0 Å². The van der Waals surface area contributed by atoms with Gasteiger partial charge in [-0.1, -0.05) is 28.1 Å². The van der Waals surface area contributed by atoms with Crippen molar-refractivity contribution in [3.8, 4) is 0 Å². The zero-order valence-corrected chi connectivity index (χ0v) is 11.7. The van der Waals surface area contributed by atoms with E-state index >= 15 is 0 Å². The zero-order chi connectivity index (χ0) is 14.0. The summed E-state index contributed by atoms with van der Waals surface area (Å²) in [6.45, 7) is 2.21. The lowest BCUT2D eigenvalue weighted by molar-refractivity contribution is 0.497. The summed E-state index contributed by atoms with van der Waals surface area (Å²) in [5, 5.41) is 2.69.